The smallest absolute Gasteiger partial charge is 0.143 e. The molecule has 0 radical (unpaired) electrons. The molecule has 1 atom stereocenters. The molecule has 0 bridgehead atoms. The van der Waals surface area contributed by atoms with E-state index in [-0.39, 0.29) is 19.8 Å². The monoisotopic (exact) mass is 518 g/mol. The lowest BCUT2D eigenvalue weighted by Crippen LogP contribution is -2.13. The largest absolute Gasteiger partial charge is 0.397 e. The number of nitrogens with two attached hydrogens (primary N) is 3. The van der Waals surface area contributed by atoms with Gasteiger partial charge in [-0.2, -0.15) is 0 Å². The standard InChI is InChI=1S/C16H15Cl2N3O2.C8H13N3O/c17-9-4-5-10(11(18)8-9)15(23)16-20-13-3-1-2-12(19)14(13)21(16)6-7-22;9-6-2-1-3-7(10)8(6)11-4-5-12/h1-5,8,15,22-23H,6-7,19H2;1-3,11-12H,4-5,9-10H2. The number of benzene rings is 3. The van der Waals surface area contributed by atoms with Crippen LogP contribution in [0.5, 0.6) is 0 Å². The molecule has 35 heavy (non-hydrogen) atoms. The van der Waals surface area contributed by atoms with Gasteiger partial charge in [0.1, 0.15) is 11.9 Å². The molecule has 0 saturated carbocycles. The van der Waals surface area contributed by atoms with E-state index in [2.05, 4.69) is 10.3 Å². The van der Waals surface area contributed by atoms with Crippen LogP contribution in [0.2, 0.25) is 10.0 Å². The number of hydrogen-bond donors (Lipinski definition) is 7. The first-order valence-corrected chi connectivity index (χ1v) is 11.5. The first kappa shape index (κ1) is 26.4. The fraction of sp³-hybridized carbons (Fsp3) is 0.208. The van der Waals surface area contributed by atoms with Crippen LogP contribution < -0.4 is 22.5 Å². The highest BCUT2D eigenvalue weighted by Crippen LogP contribution is 2.33. The van der Waals surface area contributed by atoms with Crippen molar-refractivity contribution in [3.63, 3.8) is 0 Å². The van der Waals surface area contributed by atoms with Gasteiger partial charge >= 0.3 is 0 Å². The number of aromatic nitrogens is 2. The number of nitrogen functional groups attached to an aromatic ring is 3. The summed E-state index contributed by atoms with van der Waals surface area (Å²) in [6.07, 6.45) is -1.06. The summed E-state index contributed by atoms with van der Waals surface area (Å²) in [5, 5.41) is 32.4. The van der Waals surface area contributed by atoms with Crippen LogP contribution in [0.4, 0.5) is 22.7 Å². The number of fused-ring (bicyclic) bond motifs is 1. The third-order valence-corrected chi connectivity index (χ3v) is 5.76. The number of aliphatic hydroxyl groups excluding tert-OH is 3. The lowest BCUT2D eigenvalue weighted by atomic mass is 10.1. The number of aliphatic hydroxyl groups is 3. The molecule has 11 heteroatoms. The topological polar surface area (TPSA) is 169 Å². The van der Waals surface area contributed by atoms with Crippen molar-refractivity contribution in [1.82, 2.24) is 9.55 Å². The Hall–Kier alpha value is -3.21. The molecule has 0 spiro atoms. The molecular weight excluding hydrogens is 491 g/mol. The van der Waals surface area contributed by atoms with Crippen molar-refractivity contribution in [2.24, 2.45) is 0 Å². The van der Waals surface area contributed by atoms with Crippen LogP contribution >= 0.6 is 23.2 Å². The molecule has 4 aromatic rings. The quantitative estimate of drug-likeness (QED) is 0.183. The van der Waals surface area contributed by atoms with Crippen LogP contribution in [0.25, 0.3) is 11.0 Å². The average molecular weight is 519 g/mol. The minimum atomic E-state index is -1.06. The lowest BCUT2D eigenvalue weighted by Gasteiger charge is -2.15. The first-order valence-electron chi connectivity index (χ1n) is 10.8. The van der Waals surface area contributed by atoms with Gasteiger partial charge in [0, 0.05) is 28.7 Å². The van der Waals surface area contributed by atoms with Crippen LogP contribution in [0.1, 0.15) is 17.5 Å². The number of imidazole rings is 1. The predicted octanol–water partition coefficient (Wildman–Crippen LogP) is 3.25. The summed E-state index contributed by atoms with van der Waals surface area (Å²) in [6, 6.07) is 15.5. The summed E-state index contributed by atoms with van der Waals surface area (Å²) in [6.45, 7) is 0.683. The second kappa shape index (κ2) is 12.0. The molecule has 3 aromatic carbocycles. The van der Waals surface area contributed by atoms with Gasteiger partial charge in [0.2, 0.25) is 0 Å². The van der Waals surface area contributed by atoms with Crippen molar-refractivity contribution in [2.75, 3.05) is 42.3 Å². The van der Waals surface area contributed by atoms with E-state index >= 15 is 0 Å². The minimum Gasteiger partial charge on any atom is -0.397 e. The molecule has 4 rings (SSSR count). The Labute approximate surface area is 212 Å². The highest BCUT2D eigenvalue weighted by molar-refractivity contribution is 6.35. The molecule has 1 aromatic heterocycles. The second-order valence-electron chi connectivity index (χ2n) is 7.59. The van der Waals surface area contributed by atoms with E-state index in [0.29, 0.717) is 61.8 Å². The molecule has 1 heterocycles. The van der Waals surface area contributed by atoms with E-state index in [1.165, 1.54) is 0 Å². The predicted molar refractivity (Wildman–Crippen MR) is 143 cm³/mol. The van der Waals surface area contributed by atoms with Crippen LogP contribution in [0.15, 0.2) is 54.6 Å². The van der Waals surface area contributed by atoms with Crippen molar-refractivity contribution in [3.8, 4) is 0 Å². The lowest BCUT2D eigenvalue weighted by molar-refractivity contribution is 0.200. The molecular formula is C24H28Cl2N6O3. The van der Waals surface area contributed by atoms with E-state index in [1.54, 1.807) is 59.2 Å². The van der Waals surface area contributed by atoms with Gasteiger partial charge in [-0.25, -0.2) is 4.98 Å². The van der Waals surface area contributed by atoms with Crippen LogP contribution in [-0.4, -0.2) is 44.6 Å². The maximum Gasteiger partial charge on any atom is 0.143 e. The molecule has 0 aliphatic rings. The number of nitrogens with one attached hydrogen (secondary N) is 1. The molecule has 0 aliphatic heterocycles. The Morgan fingerprint density at radius 2 is 1.57 bits per heavy atom. The first-order chi connectivity index (χ1) is 16.8. The molecule has 186 valence electrons. The fourth-order valence-corrected chi connectivity index (χ4v) is 4.11. The Kier molecular flexibility index (Phi) is 9.02. The van der Waals surface area contributed by atoms with Gasteiger partial charge in [-0.3, -0.25) is 0 Å². The Morgan fingerprint density at radius 1 is 0.914 bits per heavy atom. The van der Waals surface area contributed by atoms with E-state index in [0.717, 1.165) is 0 Å². The summed E-state index contributed by atoms with van der Waals surface area (Å²) in [5.74, 6) is 0.371. The van der Waals surface area contributed by atoms with Gasteiger partial charge in [0.25, 0.3) is 0 Å². The Bertz CT molecular complexity index is 1280. The van der Waals surface area contributed by atoms with Gasteiger partial charge in [0.05, 0.1) is 47.0 Å². The van der Waals surface area contributed by atoms with Gasteiger partial charge in [-0.15, -0.1) is 0 Å². The number of nitrogens with zero attached hydrogens (tertiary/aromatic N) is 2. The number of halogens is 2. The van der Waals surface area contributed by atoms with Gasteiger partial charge in [-0.05, 0) is 36.4 Å². The van der Waals surface area contributed by atoms with E-state index in [4.69, 9.17) is 45.5 Å². The minimum absolute atomic E-state index is 0.0633. The van der Waals surface area contributed by atoms with E-state index in [1.807, 2.05) is 0 Å². The van der Waals surface area contributed by atoms with Gasteiger partial charge < -0.3 is 42.4 Å². The number of para-hydroxylation sites is 2. The van der Waals surface area contributed by atoms with E-state index < -0.39 is 6.10 Å². The zero-order valence-corrected chi connectivity index (χ0v) is 20.3. The van der Waals surface area contributed by atoms with Crippen molar-refractivity contribution < 1.29 is 15.3 Å². The zero-order valence-electron chi connectivity index (χ0n) is 18.8. The average Bonchev–Trinajstić information content (AvgIpc) is 3.19. The summed E-state index contributed by atoms with van der Waals surface area (Å²) < 4.78 is 1.71. The van der Waals surface area contributed by atoms with Crippen LogP contribution in [-0.2, 0) is 6.54 Å². The molecule has 10 N–H and O–H groups in total. The summed E-state index contributed by atoms with van der Waals surface area (Å²) in [5.41, 5.74) is 21.6. The zero-order chi connectivity index (χ0) is 25.5. The second-order valence-corrected chi connectivity index (χ2v) is 8.43. The van der Waals surface area contributed by atoms with Crippen LogP contribution in [0, 0.1) is 0 Å². The number of rotatable bonds is 7. The number of anilines is 4. The SMILES string of the molecule is Nc1cccc(N)c1NCCO.Nc1cccc2nc(C(O)c3ccc(Cl)cc3Cl)n(CCO)c12. The van der Waals surface area contributed by atoms with Crippen LogP contribution in [0.3, 0.4) is 0 Å². The van der Waals surface area contributed by atoms with Gasteiger partial charge in [-0.1, -0.05) is 41.4 Å². The van der Waals surface area contributed by atoms with Crippen molar-refractivity contribution in [1.29, 1.82) is 0 Å². The van der Waals surface area contributed by atoms with Crippen molar-refractivity contribution in [2.45, 2.75) is 12.6 Å². The third-order valence-electron chi connectivity index (χ3n) is 5.20. The highest BCUT2D eigenvalue weighted by atomic mass is 35.5. The summed E-state index contributed by atoms with van der Waals surface area (Å²) >= 11 is 12.1. The Balaban J connectivity index is 0.000000241. The Morgan fingerprint density at radius 3 is 2.20 bits per heavy atom. The normalized spacial score (nSPS) is 11.7. The highest BCUT2D eigenvalue weighted by Gasteiger charge is 2.22. The third kappa shape index (κ3) is 6.08. The number of hydrogen-bond acceptors (Lipinski definition) is 8. The molecule has 1 unspecified atom stereocenters. The summed E-state index contributed by atoms with van der Waals surface area (Å²) in [4.78, 5) is 4.46. The van der Waals surface area contributed by atoms with E-state index in [9.17, 15) is 10.2 Å². The summed E-state index contributed by atoms with van der Waals surface area (Å²) in [7, 11) is 0. The van der Waals surface area contributed by atoms with Crippen molar-refractivity contribution >= 4 is 57.0 Å². The fourth-order valence-electron chi connectivity index (χ4n) is 3.60. The molecule has 0 aliphatic carbocycles. The molecule has 0 saturated heterocycles. The molecule has 0 amide bonds. The molecule has 0 fully saturated rings. The maximum atomic E-state index is 10.7. The maximum absolute atomic E-state index is 10.7. The van der Waals surface area contributed by atoms with Crippen molar-refractivity contribution in [3.05, 3.63) is 76.0 Å². The molecule has 9 nitrogen and oxygen atoms in total. The van der Waals surface area contributed by atoms with Gasteiger partial charge in [0.15, 0.2) is 0 Å².